The van der Waals surface area contributed by atoms with Crippen molar-refractivity contribution >= 4 is 17.8 Å². The van der Waals surface area contributed by atoms with Gasteiger partial charge in [-0.05, 0) is 26.8 Å². The van der Waals surface area contributed by atoms with E-state index in [2.05, 4.69) is 9.97 Å². The highest BCUT2D eigenvalue weighted by Crippen LogP contribution is 2.05. The van der Waals surface area contributed by atoms with Crippen LogP contribution in [0.1, 0.15) is 20.8 Å². The molecular formula is C14H22N4O3. The van der Waals surface area contributed by atoms with Gasteiger partial charge in [-0.2, -0.15) is 0 Å². The molecule has 0 atom stereocenters. The molecule has 1 amide bonds. The molecule has 0 spiro atoms. The van der Waals surface area contributed by atoms with Crippen molar-refractivity contribution in [1.29, 1.82) is 0 Å². The summed E-state index contributed by atoms with van der Waals surface area (Å²) in [5.74, 6) is -0.114. The first-order valence-electron chi connectivity index (χ1n) is 6.89. The second-order valence-electron chi connectivity index (χ2n) is 4.83. The van der Waals surface area contributed by atoms with E-state index in [0.29, 0.717) is 12.6 Å². The van der Waals surface area contributed by atoms with E-state index in [1.807, 2.05) is 13.8 Å². The second kappa shape index (κ2) is 8.18. The van der Waals surface area contributed by atoms with Gasteiger partial charge in [0.05, 0.1) is 13.2 Å². The molecule has 116 valence electrons. The van der Waals surface area contributed by atoms with E-state index >= 15 is 0 Å². The fourth-order valence-corrected chi connectivity index (χ4v) is 1.76. The zero-order valence-electron chi connectivity index (χ0n) is 12.9. The molecule has 0 saturated carbocycles. The zero-order valence-corrected chi connectivity index (χ0v) is 12.9. The number of ether oxygens (including phenoxy) is 1. The van der Waals surface area contributed by atoms with E-state index in [0.717, 1.165) is 0 Å². The number of carbonyl (C=O) groups is 2. The molecule has 1 aromatic rings. The highest BCUT2D eigenvalue weighted by molar-refractivity contribution is 5.85. The van der Waals surface area contributed by atoms with Crippen LogP contribution in [-0.2, 0) is 14.3 Å². The summed E-state index contributed by atoms with van der Waals surface area (Å²) in [7, 11) is 1.73. The van der Waals surface area contributed by atoms with Crippen LogP contribution in [0.3, 0.4) is 0 Å². The number of esters is 1. The lowest BCUT2D eigenvalue weighted by molar-refractivity contribution is -0.149. The Hall–Kier alpha value is -2.18. The minimum atomic E-state index is -0.404. The van der Waals surface area contributed by atoms with Gasteiger partial charge in [0.15, 0.2) is 0 Å². The molecule has 0 aromatic carbocycles. The Labute approximate surface area is 124 Å². The van der Waals surface area contributed by atoms with E-state index in [1.54, 1.807) is 37.3 Å². The highest BCUT2D eigenvalue weighted by Gasteiger charge is 2.22. The first-order chi connectivity index (χ1) is 9.95. The number of aromatic nitrogens is 2. The average molecular weight is 294 g/mol. The molecule has 1 aromatic heterocycles. The Bertz CT molecular complexity index is 465. The Morgan fingerprint density at radius 1 is 1.24 bits per heavy atom. The third-order valence-corrected chi connectivity index (χ3v) is 2.81. The predicted molar refractivity (Wildman–Crippen MR) is 78.8 cm³/mol. The lowest BCUT2D eigenvalue weighted by Crippen LogP contribution is -2.46. The van der Waals surface area contributed by atoms with Crippen molar-refractivity contribution in [1.82, 2.24) is 14.9 Å². The maximum absolute atomic E-state index is 12.3. The van der Waals surface area contributed by atoms with Crippen molar-refractivity contribution in [2.75, 3.05) is 31.6 Å². The number of hydrogen-bond donors (Lipinski definition) is 0. The molecule has 0 fully saturated rings. The average Bonchev–Trinajstić information content (AvgIpc) is 2.45. The molecule has 0 unspecified atom stereocenters. The van der Waals surface area contributed by atoms with Crippen LogP contribution in [0, 0.1) is 0 Å². The lowest BCUT2D eigenvalue weighted by Gasteiger charge is -2.28. The monoisotopic (exact) mass is 294 g/mol. The van der Waals surface area contributed by atoms with Crippen LogP contribution in [0.4, 0.5) is 5.95 Å². The van der Waals surface area contributed by atoms with Gasteiger partial charge in [0.2, 0.25) is 11.9 Å². The fourth-order valence-electron chi connectivity index (χ4n) is 1.76. The maximum Gasteiger partial charge on any atom is 0.325 e. The van der Waals surface area contributed by atoms with E-state index in [9.17, 15) is 9.59 Å². The predicted octanol–water partition coefficient (Wildman–Crippen LogP) is 0.713. The van der Waals surface area contributed by atoms with Gasteiger partial charge in [0.1, 0.15) is 6.54 Å². The smallest absolute Gasteiger partial charge is 0.325 e. The largest absolute Gasteiger partial charge is 0.465 e. The van der Waals surface area contributed by atoms with Crippen molar-refractivity contribution in [2.24, 2.45) is 0 Å². The summed E-state index contributed by atoms with van der Waals surface area (Å²) in [5, 5.41) is 0. The summed E-state index contributed by atoms with van der Waals surface area (Å²) in [5.41, 5.74) is 0. The number of nitrogens with zero attached hydrogens (tertiary/aromatic N) is 4. The molecule has 0 bridgehead atoms. The van der Waals surface area contributed by atoms with Gasteiger partial charge in [-0.15, -0.1) is 0 Å². The first-order valence-corrected chi connectivity index (χ1v) is 6.89. The van der Waals surface area contributed by atoms with Crippen molar-refractivity contribution in [3.8, 4) is 0 Å². The highest BCUT2D eigenvalue weighted by atomic mass is 16.5. The van der Waals surface area contributed by atoms with Crippen LogP contribution in [0.5, 0.6) is 0 Å². The number of likely N-dealkylation sites (N-methyl/N-ethyl adjacent to an activating group) is 1. The number of amides is 1. The summed E-state index contributed by atoms with van der Waals surface area (Å²) in [6, 6.07) is 1.62. The van der Waals surface area contributed by atoms with Gasteiger partial charge in [-0.25, -0.2) is 9.97 Å². The molecule has 7 heteroatoms. The third-order valence-electron chi connectivity index (χ3n) is 2.81. The molecule has 0 aliphatic rings. The molecule has 1 heterocycles. The van der Waals surface area contributed by atoms with E-state index in [4.69, 9.17) is 4.74 Å². The summed E-state index contributed by atoms with van der Waals surface area (Å²) < 4.78 is 4.89. The third kappa shape index (κ3) is 5.37. The van der Waals surface area contributed by atoms with E-state index < -0.39 is 5.97 Å². The van der Waals surface area contributed by atoms with Gasteiger partial charge in [-0.1, -0.05) is 0 Å². The Morgan fingerprint density at radius 3 is 2.38 bits per heavy atom. The first kappa shape index (κ1) is 16.9. The van der Waals surface area contributed by atoms with Crippen LogP contribution < -0.4 is 4.90 Å². The summed E-state index contributed by atoms with van der Waals surface area (Å²) in [6.07, 6.45) is 3.23. The SMILES string of the molecule is CCOC(=O)CN(C(=O)CN(C)c1ncccn1)C(C)C. The molecule has 7 nitrogen and oxygen atoms in total. The van der Waals surface area contributed by atoms with Crippen LogP contribution in [0.15, 0.2) is 18.5 Å². The Balaban J connectivity index is 2.67. The van der Waals surface area contributed by atoms with Gasteiger partial charge in [0.25, 0.3) is 0 Å². The van der Waals surface area contributed by atoms with Crippen molar-refractivity contribution < 1.29 is 14.3 Å². The summed E-state index contributed by atoms with van der Waals surface area (Å²) >= 11 is 0. The second-order valence-corrected chi connectivity index (χ2v) is 4.83. The number of anilines is 1. The standard InChI is InChI=1S/C14H22N4O3/c1-5-21-13(20)10-18(11(2)3)12(19)9-17(4)14-15-7-6-8-16-14/h6-8,11H,5,9-10H2,1-4H3. The molecule has 0 saturated heterocycles. The van der Waals surface area contributed by atoms with Crippen LogP contribution in [0.25, 0.3) is 0 Å². The summed E-state index contributed by atoms with van der Waals surface area (Å²) in [6.45, 7) is 5.80. The number of rotatable bonds is 7. The molecule has 0 aliphatic heterocycles. The lowest BCUT2D eigenvalue weighted by atomic mass is 10.3. The number of hydrogen-bond acceptors (Lipinski definition) is 6. The quantitative estimate of drug-likeness (QED) is 0.690. The van der Waals surface area contributed by atoms with Crippen molar-refractivity contribution in [3.05, 3.63) is 18.5 Å². The molecular weight excluding hydrogens is 272 g/mol. The normalized spacial score (nSPS) is 10.3. The molecule has 0 N–H and O–H groups in total. The van der Waals surface area contributed by atoms with Gasteiger partial charge < -0.3 is 14.5 Å². The topological polar surface area (TPSA) is 75.6 Å². The van der Waals surface area contributed by atoms with Gasteiger partial charge in [0, 0.05) is 25.5 Å². The van der Waals surface area contributed by atoms with Crippen molar-refractivity contribution in [3.63, 3.8) is 0 Å². The van der Waals surface area contributed by atoms with Crippen LogP contribution >= 0.6 is 0 Å². The summed E-state index contributed by atoms with van der Waals surface area (Å²) in [4.78, 5) is 35.2. The van der Waals surface area contributed by atoms with Gasteiger partial charge >= 0.3 is 5.97 Å². The minimum absolute atomic E-state index is 0.0478. The number of carbonyl (C=O) groups excluding carboxylic acids is 2. The Kier molecular flexibility index (Phi) is 6.58. The molecule has 0 radical (unpaired) electrons. The van der Waals surface area contributed by atoms with E-state index in [1.165, 1.54) is 4.90 Å². The van der Waals surface area contributed by atoms with Crippen LogP contribution in [-0.4, -0.2) is 59.5 Å². The molecule has 0 aliphatic carbocycles. The van der Waals surface area contributed by atoms with Crippen molar-refractivity contribution in [2.45, 2.75) is 26.8 Å². The fraction of sp³-hybridized carbons (Fsp3) is 0.571. The van der Waals surface area contributed by atoms with E-state index in [-0.39, 0.29) is 25.0 Å². The molecule has 21 heavy (non-hydrogen) atoms. The van der Waals surface area contributed by atoms with Gasteiger partial charge in [-0.3, -0.25) is 9.59 Å². The minimum Gasteiger partial charge on any atom is -0.465 e. The Morgan fingerprint density at radius 2 is 1.86 bits per heavy atom. The molecule has 1 rings (SSSR count). The zero-order chi connectivity index (χ0) is 15.8. The maximum atomic E-state index is 12.3. The van der Waals surface area contributed by atoms with Crippen LogP contribution in [0.2, 0.25) is 0 Å².